The molecule has 0 spiro atoms. The lowest BCUT2D eigenvalue weighted by molar-refractivity contribution is 0.533. The van der Waals surface area contributed by atoms with Crippen LogP contribution in [0.3, 0.4) is 0 Å². The minimum Gasteiger partial charge on any atom is -0.0654 e. The van der Waals surface area contributed by atoms with Gasteiger partial charge >= 0.3 is 0 Å². The lowest BCUT2D eigenvalue weighted by Gasteiger charge is -2.03. The Morgan fingerprint density at radius 3 is 1.00 bits per heavy atom. The molecule has 0 saturated carbocycles. The first-order valence-corrected chi connectivity index (χ1v) is 8.71. The first-order chi connectivity index (χ1) is 8.91. The molecule has 1 heteroatoms. The maximum Gasteiger partial charge on any atom is -0.0149 e. The Hall–Kier alpha value is 0.217. The van der Waals surface area contributed by atoms with Crippen molar-refractivity contribution in [1.29, 1.82) is 0 Å². The van der Waals surface area contributed by atoms with Crippen LogP contribution in [0.2, 0.25) is 0 Å². The van der Waals surface area contributed by atoms with Gasteiger partial charge in [-0.15, -0.1) is 0 Å². The molecular weight excluding hydrogens is 244 g/mol. The monoisotopic (exact) mass is 285 g/mol. The summed E-state index contributed by atoms with van der Waals surface area (Å²) >= 11 is 0. The average Bonchev–Trinajstić information content (AvgIpc) is 2.39. The van der Waals surface area contributed by atoms with Crippen molar-refractivity contribution < 1.29 is 0 Å². The molecule has 0 aliphatic carbocycles. The molecule has 0 heterocycles. The second-order valence-electron chi connectivity index (χ2n) is 5.80. The van der Waals surface area contributed by atoms with Crippen molar-refractivity contribution in [2.45, 2.75) is 110 Å². The van der Waals surface area contributed by atoms with Crippen molar-refractivity contribution in [3.05, 3.63) is 6.92 Å². The molecule has 1 radical (unpaired) electrons. The Labute approximate surface area is 128 Å². The normalized spacial score (nSPS) is 10.4. The van der Waals surface area contributed by atoms with E-state index in [2.05, 4.69) is 13.8 Å². The van der Waals surface area contributed by atoms with Crippen molar-refractivity contribution in [1.82, 2.24) is 0 Å². The molecule has 0 aromatic rings. The smallest absolute Gasteiger partial charge is 0.0149 e. The highest BCUT2D eigenvalue weighted by Gasteiger charge is 1.93. The molecule has 0 aliphatic rings. The van der Waals surface area contributed by atoms with E-state index in [-0.39, 0.29) is 11.0 Å². The summed E-state index contributed by atoms with van der Waals surface area (Å²) in [5.41, 5.74) is 0. The van der Waals surface area contributed by atoms with E-state index in [1.807, 2.05) is 0 Å². The van der Waals surface area contributed by atoms with Crippen LogP contribution in [0.25, 0.3) is 0 Å². The Morgan fingerprint density at radius 2 is 0.737 bits per heavy atom. The molecule has 0 nitrogen and oxygen atoms in total. The maximum atomic E-state index is 3.88. The molecule has 0 aromatic carbocycles. The molecule has 0 aromatic heterocycles. The standard InChI is InChI=1S/C18H37.H4Si/c1-3-5-7-9-11-13-15-17-18-16-14-12-10-8-6-4-2;/h1,3-18H2,2H3;1H4. The van der Waals surface area contributed by atoms with E-state index < -0.39 is 0 Å². The quantitative estimate of drug-likeness (QED) is 0.270. The van der Waals surface area contributed by atoms with Crippen molar-refractivity contribution >= 4 is 11.0 Å². The van der Waals surface area contributed by atoms with Gasteiger partial charge in [-0.3, -0.25) is 0 Å². The van der Waals surface area contributed by atoms with E-state index in [1.54, 1.807) is 0 Å². The van der Waals surface area contributed by atoms with Gasteiger partial charge in [0, 0.05) is 0 Å². The summed E-state index contributed by atoms with van der Waals surface area (Å²) in [6.07, 6.45) is 22.8. The van der Waals surface area contributed by atoms with Gasteiger partial charge in [-0.1, -0.05) is 117 Å². The van der Waals surface area contributed by atoms with Crippen LogP contribution in [0.15, 0.2) is 0 Å². The number of rotatable bonds is 15. The molecular formula is C18H41Si. The lowest BCUT2D eigenvalue weighted by Crippen LogP contribution is -1.83. The van der Waals surface area contributed by atoms with Gasteiger partial charge < -0.3 is 0 Å². The molecule has 0 fully saturated rings. The maximum absolute atomic E-state index is 3.88. The topological polar surface area (TPSA) is 0 Å². The number of hydrogen-bond acceptors (Lipinski definition) is 0. The summed E-state index contributed by atoms with van der Waals surface area (Å²) in [5, 5.41) is 0. The Balaban J connectivity index is 0. The largest absolute Gasteiger partial charge is 0.0654 e. The van der Waals surface area contributed by atoms with E-state index in [9.17, 15) is 0 Å². The van der Waals surface area contributed by atoms with Gasteiger partial charge in [-0.05, 0) is 11.0 Å². The first-order valence-electron chi connectivity index (χ1n) is 8.71. The van der Waals surface area contributed by atoms with Gasteiger partial charge in [0.25, 0.3) is 0 Å². The van der Waals surface area contributed by atoms with Crippen LogP contribution < -0.4 is 0 Å². The van der Waals surface area contributed by atoms with Crippen molar-refractivity contribution in [2.24, 2.45) is 0 Å². The second-order valence-corrected chi connectivity index (χ2v) is 5.80. The SMILES string of the molecule is [CH2]CCCCCCCCCCCCCCCCC.[SiH4]. The van der Waals surface area contributed by atoms with Crippen LogP contribution in [0, 0.1) is 6.92 Å². The van der Waals surface area contributed by atoms with Crippen LogP contribution in [-0.4, -0.2) is 11.0 Å². The van der Waals surface area contributed by atoms with Gasteiger partial charge in [0.15, 0.2) is 0 Å². The number of unbranched alkanes of at least 4 members (excludes halogenated alkanes) is 15. The summed E-state index contributed by atoms with van der Waals surface area (Å²) in [5.74, 6) is 0. The molecule has 0 unspecified atom stereocenters. The zero-order chi connectivity index (χ0) is 13.3. The van der Waals surface area contributed by atoms with Gasteiger partial charge in [0.05, 0.1) is 0 Å². The van der Waals surface area contributed by atoms with E-state index in [4.69, 9.17) is 0 Å². The highest BCUT2D eigenvalue weighted by atomic mass is 28.1. The van der Waals surface area contributed by atoms with Gasteiger partial charge in [0.2, 0.25) is 0 Å². The highest BCUT2D eigenvalue weighted by Crippen LogP contribution is 2.13. The molecule has 0 saturated heterocycles. The molecule has 0 bridgehead atoms. The minimum absolute atomic E-state index is 0. The third-order valence-electron chi connectivity index (χ3n) is 3.85. The average molecular weight is 286 g/mol. The molecule has 0 atom stereocenters. The Kier molecular flexibility index (Phi) is 23.2. The predicted octanol–water partition coefficient (Wildman–Crippen LogP) is 5.63. The van der Waals surface area contributed by atoms with Gasteiger partial charge in [-0.25, -0.2) is 0 Å². The van der Waals surface area contributed by atoms with E-state index in [0.717, 1.165) is 6.42 Å². The molecule has 0 rings (SSSR count). The van der Waals surface area contributed by atoms with Gasteiger partial charge in [-0.2, -0.15) is 0 Å². The van der Waals surface area contributed by atoms with Crippen molar-refractivity contribution in [2.75, 3.05) is 0 Å². The lowest BCUT2D eigenvalue weighted by atomic mass is 10.0. The number of hydrogen-bond donors (Lipinski definition) is 0. The fourth-order valence-electron chi connectivity index (χ4n) is 2.55. The molecule has 0 N–H and O–H groups in total. The Morgan fingerprint density at radius 1 is 0.474 bits per heavy atom. The van der Waals surface area contributed by atoms with Crippen LogP contribution in [-0.2, 0) is 0 Å². The third kappa shape index (κ3) is 20.7. The predicted molar refractivity (Wildman–Crippen MR) is 96.2 cm³/mol. The van der Waals surface area contributed by atoms with Crippen LogP contribution in [0.1, 0.15) is 110 Å². The fraction of sp³-hybridized carbons (Fsp3) is 0.944. The first kappa shape index (κ1) is 21.5. The van der Waals surface area contributed by atoms with Crippen LogP contribution >= 0.6 is 0 Å². The summed E-state index contributed by atoms with van der Waals surface area (Å²) < 4.78 is 0. The van der Waals surface area contributed by atoms with Crippen molar-refractivity contribution in [3.63, 3.8) is 0 Å². The highest BCUT2D eigenvalue weighted by molar-refractivity contribution is 5.75. The van der Waals surface area contributed by atoms with Crippen LogP contribution in [0.4, 0.5) is 0 Å². The third-order valence-corrected chi connectivity index (χ3v) is 3.85. The second kappa shape index (κ2) is 20.5. The summed E-state index contributed by atoms with van der Waals surface area (Å²) in [4.78, 5) is 0. The summed E-state index contributed by atoms with van der Waals surface area (Å²) in [6.45, 7) is 6.18. The minimum atomic E-state index is 0. The summed E-state index contributed by atoms with van der Waals surface area (Å²) in [7, 11) is 0. The fourth-order valence-corrected chi connectivity index (χ4v) is 2.55. The van der Waals surface area contributed by atoms with E-state index >= 15 is 0 Å². The van der Waals surface area contributed by atoms with Crippen molar-refractivity contribution in [3.8, 4) is 0 Å². The molecule has 117 valence electrons. The molecule has 0 amide bonds. The zero-order valence-electron chi connectivity index (χ0n) is 13.0. The molecule has 19 heavy (non-hydrogen) atoms. The molecule has 0 aliphatic heterocycles. The zero-order valence-corrected chi connectivity index (χ0v) is 13.0. The van der Waals surface area contributed by atoms with Crippen LogP contribution in [0.5, 0.6) is 0 Å². The van der Waals surface area contributed by atoms with E-state index in [0.29, 0.717) is 0 Å². The van der Waals surface area contributed by atoms with E-state index in [1.165, 1.54) is 96.3 Å². The summed E-state index contributed by atoms with van der Waals surface area (Å²) in [6, 6.07) is 0. The Bertz CT molecular complexity index is 118. The van der Waals surface area contributed by atoms with Gasteiger partial charge in [0.1, 0.15) is 0 Å².